The van der Waals surface area contributed by atoms with Crippen molar-refractivity contribution in [3.05, 3.63) is 34.9 Å². The van der Waals surface area contributed by atoms with Gasteiger partial charge in [0.1, 0.15) is 6.10 Å². The minimum absolute atomic E-state index is 0.103. The van der Waals surface area contributed by atoms with Crippen LogP contribution in [-0.2, 0) is 6.54 Å². The Kier molecular flexibility index (Phi) is 3.42. The number of nitrogens with one attached hydrogen (secondary N) is 1. The summed E-state index contributed by atoms with van der Waals surface area (Å²) in [6, 6.07) is 5.05. The third-order valence-electron chi connectivity index (χ3n) is 2.99. The van der Waals surface area contributed by atoms with E-state index >= 15 is 0 Å². The van der Waals surface area contributed by atoms with Gasteiger partial charge in [-0.2, -0.15) is 0 Å². The summed E-state index contributed by atoms with van der Waals surface area (Å²) in [6.45, 7) is 0.178. The molecule has 0 aromatic heterocycles. The lowest BCUT2D eigenvalue weighted by Crippen LogP contribution is -2.20. The van der Waals surface area contributed by atoms with E-state index in [0.717, 1.165) is 5.56 Å². The lowest BCUT2D eigenvalue weighted by Gasteiger charge is -2.19. The molecule has 5 nitrogen and oxygen atoms in total. The average molecular weight is 237 g/mol. The Morgan fingerprint density at radius 3 is 2.82 bits per heavy atom. The molecule has 1 aromatic rings. The second kappa shape index (κ2) is 4.83. The Hall–Kier alpha value is -1.43. The summed E-state index contributed by atoms with van der Waals surface area (Å²) in [5.74, 6) is -0.161. The van der Waals surface area contributed by atoms with Crippen LogP contribution in [0.15, 0.2) is 18.2 Å². The van der Waals surface area contributed by atoms with E-state index in [-0.39, 0.29) is 18.9 Å². The highest BCUT2D eigenvalue weighted by atomic mass is 16.3. The summed E-state index contributed by atoms with van der Waals surface area (Å²) in [6.07, 6.45) is -2.00. The number of rotatable bonds is 4. The van der Waals surface area contributed by atoms with E-state index in [9.17, 15) is 15.0 Å². The van der Waals surface area contributed by atoms with Crippen LogP contribution >= 0.6 is 0 Å². The van der Waals surface area contributed by atoms with Gasteiger partial charge in [0.15, 0.2) is 0 Å². The number of amides is 1. The Labute approximate surface area is 98.7 Å². The van der Waals surface area contributed by atoms with Gasteiger partial charge in [-0.1, -0.05) is 12.1 Å². The van der Waals surface area contributed by atoms with E-state index in [1.807, 2.05) is 0 Å². The van der Waals surface area contributed by atoms with Crippen molar-refractivity contribution in [3.63, 3.8) is 0 Å². The summed E-state index contributed by atoms with van der Waals surface area (Å²) in [7, 11) is 0. The summed E-state index contributed by atoms with van der Waals surface area (Å²) < 4.78 is 0. The molecule has 0 fully saturated rings. The third kappa shape index (κ3) is 2.17. The molecule has 0 saturated carbocycles. The normalized spacial score (nSPS) is 17.5. The molecule has 2 unspecified atom stereocenters. The number of fused-ring (bicyclic) bond motifs is 1. The number of aliphatic hydroxyl groups is 3. The van der Waals surface area contributed by atoms with Gasteiger partial charge >= 0.3 is 0 Å². The Bertz CT molecular complexity index is 433. The highest BCUT2D eigenvalue weighted by Gasteiger charge is 2.27. The molecule has 1 aliphatic heterocycles. The van der Waals surface area contributed by atoms with Crippen molar-refractivity contribution in [1.82, 2.24) is 5.32 Å². The summed E-state index contributed by atoms with van der Waals surface area (Å²) in [4.78, 5) is 11.4. The van der Waals surface area contributed by atoms with Gasteiger partial charge in [0.2, 0.25) is 0 Å². The molecule has 0 bridgehead atoms. The standard InChI is InChI=1S/C12H15NO4/c14-5-4-10(15)11(16)7-2-1-3-8-9(7)6-13-12(8)17/h1-3,10-11,14-16H,4-6H2,(H,13,17). The van der Waals surface area contributed by atoms with Crippen molar-refractivity contribution < 1.29 is 20.1 Å². The molecule has 1 amide bonds. The maximum absolute atomic E-state index is 11.4. The summed E-state index contributed by atoms with van der Waals surface area (Å²) in [5, 5.41) is 31.0. The second-order valence-corrected chi connectivity index (χ2v) is 4.08. The van der Waals surface area contributed by atoms with Gasteiger partial charge in [0.05, 0.1) is 6.10 Å². The van der Waals surface area contributed by atoms with Crippen molar-refractivity contribution in [3.8, 4) is 0 Å². The molecule has 2 atom stereocenters. The van der Waals surface area contributed by atoms with E-state index in [1.54, 1.807) is 18.2 Å². The molecule has 92 valence electrons. The van der Waals surface area contributed by atoms with E-state index in [4.69, 9.17) is 5.11 Å². The first-order valence-electron chi connectivity index (χ1n) is 5.52. The first-order valence-corrected chi connectivity index (χ1v) is 5.52. The van der Waals surface area contributed by atoms with Gasteiger partial charge in [-0.3, -0.25) is 4.79 Å². The Morgan fingerprint density at radius 1 is 1.35 bits per heavy atom. The highest BCUT2D eigenvalue weighted by Crippen LogP contribution is 2.27. The van der Waals surface area contributed by atoms with E-state index in [0.29, 0.717) is 17.7 Å². The molecular weight excluding hydrogens is 222 g/mol. The molecule has 17 heavy (non-hydrogen) atoms. The largest absolute Gasteiger partial charge is 0.396 e. The van der Waals surface area contributed by atoms with Crippen LogP contribution in [0.1, 0.15) is 34.0 Å². The van der Waals surface area contributed by atoms with Crippen LogP contribution in [0.2, 0.25) is 0 Å². The molecular formula is C12H15NO4. The average Bonchev–Trinajstić information content (AvgIpc) is 2.71. The van der Waals surface area contributed by atoms with Crippen molar-refractivity contribution in [2.45, 2.75) is 25.2 Å². The van der Waals surface area contributed by atoms with Gasteiger partial charge < -0.3 is 20.6 Å². The summed E-state index contributed by atoms with van der Waals surface area (Å²) >= 11 is 0. The maximum atomic E-state index is 11.4. The number of benzene rings is 1. The van der Waals surface area contributed by atoms with E-state index in [1.165, 1.54) is 0 Å². The van der Waals surface area contributed by atoms with Crippen LogP contribution in [-0.4, -0.2) is 33.9 Å². The SMILES string of the molecule is O=C1NCc2c1cccc2C(O)C(O)CCO. The minimum Gasteiger partial charge on any atom is -0.396 e. The number of carbonyl (C=O) groups excluding carboxylic acids is 1. The van der Waals surface area contributed by atoms with E-state index in [2.05, 4.69) is 5.32 Å². The molecule has 0 radical (unpaired) electrons. The number of hydrogen-bond acceptors (Lipinski definition) is 4. The molecule has 5 heteroatoms. The van der Waals surface area contributed by atoms with Crippen LogP contribution in [0.5, 0.6) is 0 Å². The number of aliphatic hydroxyl groups excluding tert-OH is 3. The quantitative estimate of drug-likeness (QED) is 0.579. The topological polar surface area (TPSA) is 89.8 Å². The van der Waals surface area contributed by atoms with E-state index < -0.39 is 12.2 Å². The molecule has 1 heterocycles. The molecule has 1 aromatic carbocycles. The molecule has 4 N–H and O–H groups in total. The molecule has 1 aliphatic rings. The van der Waals surface area contributed by atoms with Crippen molar-refractivity contribution in [2.75, 3.05) is 6.61 Å². The lowest BCUT2D eigenvalue weighted by atomic mass is 9.95. The first kappa shape index (κ1) is 12.0. The zero-order valence-corrected chi connectivity index (χ0v) is 9.26. The lowest BCUT2D eigenvalue weighted by molar-refractivity contribution is 0.00377. The van der Waals surface area contributed by atoms with Crippen LogP contribution in [0.25, 0.3) is 0 Å². The van der Waals surface area contributed by atoms with Gasteiger partial charge in [-0.25, -0.2) is 0 Å². The molecule has 0 aliphatic carbocycles. The molecule has 2 rings (SSSR count). The van der Waals surface area contributed by atoms with Crippen LogP contribution in [0.4, 0.5) is 0 Å². The van der Waals surface area contributed by atoms with Crippen molar-refractivity contribution in [1.29, 1.82) is 0 Å². The second-order valence-electron chi connectivity index (χ2n) is 4.08. The fourth-order valence-corrected chi connectivity index (χ4v) is 2.05. The van der Waals surface area contributed by atoms with Gasteiger partial charge in [0.25, 0.3) is 5.91 Å². The van der Waals surface area contributed by atoms with Crippen molar-refractivity contribution >= 4 is 5.91 Å². The predicted octanol–water partition coefficient (Wildman–Crippen LogP) is -0.293. The summed E-state index contributed by atoms with van der Waals surface area (Å²) in [5.41, 5.74) is 1.81. The van der Waals surface area contributed by atoms with Crippen LogP contribution < -0.4 is 5.32 Å². The third-order valence-corrected chi connectivity index (χ3v) is 2.99. The smallest absolute Gasteiger partial charge is 0.251 e. The minimum atomic E-state index is -1.08. The number of hydrogen-bond donors (Lipinski definition) is 4. The fraction of sp³-hybridized carbons (Fsp3) is 0.417. The predicted molar refractivity (Wildman–Crippen MR) is 60.3 cm³/mol. The Balaban J connectivity index is 2.31. The van der Waals surface area contributed by atoms with Gasteiger partial charge in [-0.05, 0) is 23.6 Å². The molecule has 0 saturated heterocycles. The highest BCUT2D eigenvalue weighted by molar-refractivity contribution is 5.98. The zero-order valence-electron chi connectivity index (χ0n) is 9.26. The maximum Gasteiger partial charge on any atom is 0.251 e. The molecule has 0 spiro atoms. The van der Waals surface area contributed by atoms with Crippen molar-refractivity contribution in [2.24, 2.45) is 0 Å². The monoisotopic (exact) mass is 237 g/mol. The fourth-order valence-electron chi connectivity index (χ4n) is 2.05. The van der Waals surface area contributed by atoms with Crippen LogP contribution in [0.3, 0.4) is 0 Å². The van der Waals surface area contributed by atoms with Gasteiger partial charge in [0, 0.05) is 18.7 Å². The van der Waals surface area contributed by atoms with Crippen LogP contribution in [0, 0.1) is 0 Å². The Morgan fingerprint density at radius 2 is 2.12 bits per heavy atom. The first-order chi connectivity index (χ1) is 8.15. The zero-order chi connectivity index (χ0) is 12.4. The van der Waals surface area contributed by atoms with Gasteiger partial charge in [-0.15, -0.1) is 0 Å². The number of carbonyl (C=O) groups is 1.